The Morgan fingerprint density at radius 2 is 2.08 bits per heavy atom. The van der Waals surface area contributed by atoms with Crippen LogP contribution < -0.4 is 15.4 Å². The van der Waals surface area contributed by atoms with Crippen LogP contribution in [0.1, 0.15) is 32.8 Å². The van der Waals surface area contributed by atoms with E-state index in [9.17, 15) is 9.59 Å². The highest BCUT2D eigenvalue weighted by Gasteiger charge is 2.42. The predicted molar refractivity (Wildman–Crippen MR) is 89.9 cm³/mol. The minimum absolute atomic E-state index is 0.0215. The topological polar surface area (TPSA) is 89.0 Å². The fourth-order valence-corrected chi connectivity index (χ4v) is 2.41. The molecule has 1 aromatic carbocycles. The molecule has 0 radical (unpaired) electrons. The Kier molecular flexibility index (Phi) is 5.43. The first-order valence-corrected chi connectivity index (χ1v) is 7.82. The molecule has 0 aromatic heterocycles. The van der Waals surface area contributed by atoms with Crippen molar-refractivity contribution in [2.24, 2.45) is 5.16 Å². The molecule has 0 spiro atoms. The summed E-state index contributed by atoms with van der Waals surface area (Å²) >= 11 is 0. The molecule has 1 aliphatic rings. The molecule has 1 atom stereocenters. The Morgan fingerprint density at radius 1 is 1.38 bits per heavy atom. The maximum Gasteiger partial charge on any atom is 0.267 e. The molecule has 2 N–H and O–H groups in total. The van der Waals surface area contributed by atoms with Crippen LogP contribution in [0, 0.1) is 0 Å². The number of nitrogens with zero attached hydrogens (tertiary/aromatic N) is 1. The molecule has 0 saturated heterocycles. The third-order valence-electron chi connectivity index (χ3n) is 3.62. The summed E-state index contributed by atoms with van der Waals surface area (Å²) in [5.74, 6) is 0.0432. The monoisotopic (exact) mass is 333 g/mol. The van der Waals surface area contributed by atoms with E-state index in [-0.39, 0.29) is 24.4 Å². The molecule has 24 heavy (non-hydrogen) atoms. The fourth-order valence-electron chi connectivity index (χ4n) is 2.41. The molecule has 1 unspecified atom stereocenters. The number of hydrogen-bond donors (Lipinski definition) is 2. The number of nitrogens with one attached hydrogen (secondary N) is 2. The molecule has 0 aliphatic carbocycles. The zero-order valence-electron chi connectivity index (χ0n) is 14.4. The van der Waals surface area contributed by atoms with Crippen LogP contribution in [-0.4, -0.2) is 42.8 Å². The second-order valence-electron chi connectivity index (χ2n) is 6.14. The van der Waals surface area contributed by atoms with E-state index in [1.165, 1.54) is 0 Å². The van der Waals surface area contributed by atoms with Gasteiger partial charge in [-0.2, -0.15) is 0 Å². The van der Waals surface area contributed by atoms with Gasteiger partial charge in [0.05, 0.1) is 19.4 Å². The van der Waals surface area contributed by atoms with Crippen molar-refractivity contribution >= 4 is 17.5 Å². The van der Waals surface area contributed by atoms with Gasteiger partial charge < -0.3 is 20.2 Å². The molecule has 7 nitrogen and oxygen atoms in total. The van der Waals surface area contributed by atoms with E-state index < -0.39 is 5.60 Å². The lowest BCUT2D eigenvalue weighted by atomic mass is 9.94. The molecule has 2 amide bonds. The van der Waals surface area contributed by atoms with Crippen molar-refractivity contribution in [3.05, 3.63) is 29.8 Å². The highest BCUT2D eigenvalue weighted by Crippen LogP contribution is 2.30. The average Bonchev–Trinajstić information content (AvgIpc) is 2.95. The molecule has 1 aliphatic heterocycles. The van der Waals surface area contributed by atoms with Crippen molar-refractivity contribution in [1.29, 1.82) is 0 Å². The lowest BCUT2D eigenvalue weighted by molar-refractivity contribution is -0.142. The minimum atomic E-state index is -1.14. The van der Waals surface area contributed by atoms with Gasteiger partial charge in [0.15, 0.2) is 0 Å². The summed E-state index contributed by atoms with van der Waals surface area (Å²) in [4.78, 5) is 29.4. The highest BCUT2D eigenvalue weighted by molar-refractivity contribution is 6.07. The van der Waals surface area contributed by atoms with Crippen LogP contribution in [0.25, 0.3) is 0 Å². The van der Waals surface area contributed by atoms with Crippen molar-refractivity contribution in [1.82, 2.24) is 10.6 Å². The quantitative estimate of drug-likeness (QED) is 0.819. The zero-order chi connectivity index (χ0) is 17.7. The van der Waals surface area contributed by atoms with Gasteiger partial charge in [-0.25, -0.2) is 0 Å². The summed E-state index contributed by atoms with van der Waals surface area (Å²) in [6, 6.07) is 7.43. The van der Waals surface area contributed by atoms with E-state index in [0.717, 1.165) is 5.56 Å². The van der Waals surface area contributed by atoms with Crippen LogP contribution in [0.4, 0.5) is 0 Å². The van der Waals surface area contributed by atoms with Crippen LogP contribution in [0.5, 0.6) is 5.75 Å². The maximum atomic E-state index is 12.4. The standard InChI is InChI=1S/C17H23N3O4/c1-11(2)19-15(21)10-18-16(22)17(3)9-13(20-24-17)12-7-5-6-8-14(12)23-4/h5-8,11H,9-10H2,1-4H3,(H,18,22)(H,19,21). The molecular formula is C17H23N3O4. The van der Waals surface area contributed by atoms with Gasteiger partial charge in [-0.05, 0) is 32.9 Å². The number of benzene rings is 1. The first-order valence-electron chi connectivity index (χ1n) is 7.82. The molecule has 1 heterocycles. The number of rotatable bonds is 6. The van der Waals surface area contributed by atoms with Gasteiger partial charge in [0, 0.05) is 18.0 Å². The summed E-state index contributed by atoms with van der Waals surface area (Å²) in [6.07, 6.45) is 0.297. The van der Waals surface area contributed by atoms with Gasteiger partial charge in [-0.1, -0.05) is 17.3 Å². The van der Waals surface area contributed by atoms with Crippen molar-refractivity contribution in [3.8, 4) is 5.75 Å². The van der Waals surface area contributed by atoms with Crippen molar-refractivity contribution in [2.45, 2.75) is 38.8 Å². The molecule has 1 aromatic rings. The Bertz CT molecular complexity index is 657. The number of para-hydroxylation sites is 1. The largest absolute Gasteiger partial charge is 0.496 e. The van der Waals surface area contributed by atoms with Gasteiger partial charge in [0.2, 0.25) is 11.5 Å². The van der Waals surface area contributed by atoms with E-state index in [0.29, 0.717) is 17.9 Å². The Balaban J connectivity index is 1.99. The molecule has 0 fully saturated rings. The van der Waals surface area contributed by atoms with E-state index in [1.807, 2.05) is 38.1 Å². The van der Waals surface area contributed by atoms with Crippen molar-refractivity contribution in [2.75, 3.05) is 13.7 Å². The van der Waals surface area contributed by atoms with Crippen molar-refractivity contribution < 1.29 is 19.2 Å². The smallest absolute Gasteiger partial charge is 0.267 e. The SMILES string of the molecule is COc1ccccc1C1=NOC(C)(C(=O)NCC(=O)NC(C)C)C1. The van der Waals surface area contributed by atoms with E-state index in [2.05, 4.69) is 15.8 Å². The average molecular weight is 333 g/mol. The lowest BCUT2D eigenvalue weighted by Crippen LogP contribution is -2.48. The Labute approximate surface area is 141 Å². The van der Waals surface area contributed by atoms with E-state index in [4.69, 9.17) is 9.57 Å². The zero-order valence-corrected chi connectivity index (χ0v) is 14.4. The molecule has 130 valence electrons. The van der Waals surface area contributed by atoms with Gasteiger partial charge in [0.25, 0.3) is 5.91 Å². The summed E-state index contributed by atoms with van der Waals surface area (Å²) in [7, 11) is 1.58. The number of hydrogen-bond acceptors (Lipinski definition) is 5. The normalized spacial score (nSPS) is 19.5. The Morgan fingerprint density at radius 3 is 2.75 bits per heavy atom. The second-order valence-corrected chi connectivity index (χ2v) is 6.14. The van der Waals surface area contributed by atoms with Crippen LogP contribution >= 0.6 is 0 Å². The Hall–Kier alpha value is -2.57. The van der Waals surface area contributed by atoms with Gasteiger partial charge in [0.1, 0.15) is 5.75 Å². The number of ether oxygens (including phenoxy) is 1. The first-order chi connectivity index (χ1) is 11.4. The van der Waals surface area contributed by atoms with Gasteiger partial charge >= 0.3 is 0 Å². The molecule has 2 rings (SSSR count). The third-order valence-corrected chi connectivity index (χ3v) is 3.62. The van der Waals surface area contributed by atoms with Crippen LogP contribution in [-0.2, 0) is 14.4 Å². The fraction of sp³-hybridized carbons (Fsp3) is 0.471. The summed E-state index contributed by atoms with van der Waals surface area (Å²) < 4.78 is 5.31. The summed E-state index contributed by atoms with van der Waals surface area (Å²) in [5, 5.41) is 9.34. The summed E-state index contributed by atoms with van der Waals surface area (Å²) in [6.45, 7) is 5.26. The number of amides is 2. The van der Waals surface area contributed by atoms with E-state index >= 15 is 0 Å². The molecular weight excluding hydrogens is 310 g/mol. The third kappa shape index (κ3) is 4.04. The highest BCUT2D eigenvalue weighted by atomic mass is 16.7. The van der Waals surface area contributed by atoms with Crippen LogP contribution in [0.15, 0.2) is 29.4 Å². The van der Waals surface area contributed by atoms with Crippen LogP contribution in [0.2, 0.25) is 0 Å². The molecule has 0 saturated carbocycles. The van der Waals surface area contributed by atoms with Crippen LogP contribution in [0.3, 0.4) is 0 Å². The number of methoxy groups -OCH3 is 1. The van der Waals surface area contributed by atoms with Gasteiger partial charge in [-0.15, -0.1) is 0 Å². The predicted octanol–water partition coefficient (Wildman–Crippen LogP) is 1.22. The summed E-state index contributed by atoms with van der Waals surface area (Å²) in [5.41, 5.74) is 0.277. The number of carbonyl (C=O) groups is 2. The molecule has 0 bridgehead atoms. The maximum absolute atomic E-state index is 12.4. The lowest BCUT2D eigenvalue weighted by Gasteiger charge is -2.20. The first kappa shape index (κ1) is 17.8. The number of oxime groups is 1. The van der Waals surface area contributed by atoms with E-state index in [1.54, 1.807) is 14.0 Å². The number of carbonyl (C=O) groups excluding carboxylic acids is 2. The molecule has 7 heteroatoms. The minimum Gasteiger partial charge on any atom is -0.496 e. The van der Waals surface area contributed by atoms with Crippen molar-refractivity contribution in [3.63, 3.8) is 0 Å². The second kappa shape index (κ2) is 7.33. The van der Waals surface area contributed by atoms with Gasteiger partial charge in [-0.3, -0.25) is 9.59 Å².